The van der Waals surface area contributed by atoms with Crippen LogP contribution in [0.2, 0.25) is 0 Å². The second-order valence-corrected chi connectivity index (χ2v) is 6.53. The average Bonchev–Trinajstić information content (AvgIpc) is 2.96. The summed E-state index contributed by atoms with van der Waals surface area (Å²) in [6.45, 7) is 2.57. The lowest BCUT2D eigenvalue weighted by atomic mass is 10.1. The molecule has 0 bridgehead atoms. The normalized spacial score (nSPS) is 15.4. The molecule has 1 fully saturated rings. The number of nitrogens with zero attached hydrogens (tertiary/aromatic N) is 1. The van der Waals surface area contributed by atoms with Crippen molar-refractivity contribution < 1.29 is 9.53 Å². The zero-order valence-corrected chi connectivity index (χ0v) is 18.5. The maximum Gasteiger partial charge on any atom is 0.251 e. The molecular formula is C20H33IN4O2. The molecule has 27 heavy (non-hydrogen) atoms. The number of hydrogen-bond acceptors (Lipinski definition) is 3. The zero-order chi connectivity index (χ0) is 18.5. The number of ether oxygens (including phenoxy) is 1. The minimum Gasteiger partial charge on any atom is -0.376 e. The van der Waals surface area contributed by atoms with Gasteiger partial charge in [-0.2, -0.15) is 0 Å². The van der Waals surface area contributed by atoms with Gasteiger partial charge in [0, 0.05) is 32.2 Å². The van der Waals surface area contributed by atoms with E-state index in [0.29, 0.717) is 31.4 Å². The Morgan fingerprint density at radius 3 is 2.30 bits per heavy atom. The predicted molar refractivity (Wildman–Crippen MR) is 121 cm³/mol. The van der Waals surface area contributed by atoms with Crippen LogP contribution >= 0.6 is 24.0 Å². The van der Waals surface area contributed by atoms with Crippen LogP contribution in [0.5, 0.6) is 0 Å². The number of benzene rings is 1. The monoisotopic (exact) mass is 488 g/mol. The molecule has 0 saturated heterocycles. The van der Waals surface area contributed by atoms with Gasteiger partial charge in [-0.1, -0.05) is 43.9 Å². The van der Waals surface area contributed by atoms with Crippen molar-refractivity contribution in [2.24, 2.45) is 4.99 Å². The molecule has 2 rings (SSSR count). The molecule has 0 aliphatic heterocycles. The van der Waals surface area contributed by atoms with Crippen LogP contribution in [0.4, 0.5) is 0 Å². The van der Waals surface area contributed by atoms with E-state index in [1.807, 2.05) is 18.2 Å². The van der Waals surface area contributed by atoms with Gasteiger partial charge in [0.2, 0.25) is 0 Å². The highest BCUT2D eigenvalue weighted by Gasteiger charge is 2.12. The van der Waals surface area contributed by atoms with Crippen molar-refractivity contribution in [2.45, 2.75) is 44.6 Å². The highest BCUT2D eigenvalue weighted by atomic mass is 127. The Hall–Kier alpha value is -1.35. The molecular weight excluding hydrogens is 455 g/mol. The van der Waals surface area contributed by atoms with Crippen LogP contribution in [-0.2, 0) is 4.74 Å². The summed E-state index contributed by atoms with van der Waals surface area (Å²) in [5.74, 6) is 0.663. The summed E-state index contributed by atoms with van der Waals surface area (Å²) in [7, 11) is 1.74. The first kappa shape index (κ1) is 23.7. The molecule has 0 spiro atoms. The molecule has 152 valence electrons. The van der Waals surface area contributed by atoms with E-state index >= 15 is 0 Å². The average molecular weight is 488 g/mol. The van der Waals surface area contributed by atoms with Crippen LogP contribution in [0.3, 0.4) is 0 Å². The Morgan fingerprint density at radius 1 is 1.00 bits per heavy atom. The Bertz CT molecular complexity index is 546. The Kier molecular flexibility index (Phi) is 12.9. The number of hydrogen-bond donors (Lipinski definition) is 3. The van der Waals surface area contributed by atoms with E-state index in [9.17, 15) is 4.79 Å². The lowest BCUT2D eigenvalue weighted by molar-refractivity contribution is 0.0468. The molecule has 0 radical (unpaired) electrons. The van der Waals surface area contributed by atoms with Crippen molar-refractivity contribution in [3.8, 4) is 0 Å². The van der Waals surface area contributed by atoms with Crippen LogP contribution in [0.25, 0.3) is 0 Å². The lowest BCUT2D eigenvalue weighted by Crippen LogP contribution is -2.42. The highest BCUT2D eigenvalue weighted by Crippen LogP contribution is 2.19. The summed E-state index contributed by atoms with van der Waals surface area (Å²) < 4.78 is 5.96. The van der Waals surface area contributed by atoms with Gasteiger partial charge in [-0.25, -0.2) is 0 Å². The molecule has 1 aromatic carbocycles. The van der Waals surface area contributed by atoms with Crippen molar-refractivity contribution in [1.29, 1.82) is 0 Å². The van der Waals surface area contributed by atoms with E-state index in [2.05, 4.69) is 20.9 Å². The van der Waals surface area contributed by atoms with Gasteiger partial charge in [-0.3, -0.25) is 9.79 Å². The number of nitrogens with one attached hydrogen (secondary N) is 3. The van der Waals surface area contributed by atoms with Crippen molar-refractivity contribution in [2.75, 3.05) is 33.3 Å². The maximum atomic E-state index is 11.9. The molecule has 1 saturated carbocycles. The fourth-order valence-electron chi connectivity index (χ4n) is 3.07. The third-order valence-corrected chi connectivity index (χ3v) is 4.51. The second kappa shape index (κ2) is 14.7. The van der Waals surface area contributed by atoms with Crippen LogP contribution in [0.15, 0.2) is 35.3 Å². The van der Waals surface area contributed by atoms with Gasteiger partial charge in [-0.15, -0.1) is 24.0 Å². The topological polar surface area (TPSA) is 74.8 Å². The smallest absolute Gasteiger partial charge is 0.251 e. The lowest BCUT2D eigenvalue weighted by Gasteiger charge is -2.17. The molecule has 0 atom stereocenters. The predicted octanol–water partition coefficient (Wildman–Crippen LogP) is 2.94. The van der Waals surface area contributed by atoms with Gasteiger partial charge in [0.15, 0.2) is 5.96 Å². The number of amides is 1. The zero-order valence-electron chi connectivity index (χ0n) is 16.2. The van der Waals surface area contributed by atoms with Crippen LogP contribution < -0.4 is 16.0 Å². The number of carbonyl (C=O) groups is 1. The fourth-order valence-corrected chi connectivity index (χ4v) is 3.07. The summed E-state index contributed by atoms with van der Waals surface area (Å²) in [5, 5.41) is 9.32. The first-order chi connectivity index (χ1) is 12.8. The molecule has 0 aromatic heterocycles. The molecule has 7 heteroatoms. The first-order valence-electron chi connectivity index (χ1n) is 9.69. The minimum absolute atomic E-state index is 0. The van der Waals surface area contributed by atoms with Gasteiger partial charge in [-0.05, 0) is 25.0 Å². The summed E-state index contributed by atoms with van der Waals surface area (Å²) in [6.07, 6.45) is 8.06. The largest absolute Gasteiger partial charge is 0.376 e. The molecule has 0 unspecified atom stereocenters. The Morgan fingerprint density at radius 2 is 1.63 bits per heavy atom. The van der Waals surface area contributed by atoms with Gasteiger partial charge in [0.05, 0.1) is 12.7 Å². The Balaban J connectivity index is 0.00000364. The minimum atomic E-state index is -0.0628. The number of guanidine groups is 1. The van der Waals surface area contributed by atoms with Crippen molar-refractivity contribution >= 4 is 35.8 Å². The molecule has 1 amide bonds. The fraction of sp³-hybridized carbons (Fsp3) is 0.600. The van der Waals surface area contributed by atoms with Crippen LogP contribution in [-0.4, -0.2) is 51.3 Å². The molecule has 1 aliphatic rings. The molecule has 0 heterocycles. The highest BCUT2D eigenvalue weighted by molar-refractivity contribution is 14.0. The number of rotatable bonds is 8. The molecule has 1 aromatic rings. The summed E-state index contributed by atoms with van der Waals surface area (Å²) in [6, 6.07) is 9.22. The maximum absolute atomic E-state index is 11.9. The van der Waals surface area contributed by atoms with E-state index < -0.39 is 0 Å². The molecule has 6 nitrogen and oxygen atoms in total. The standard InChI is InChI=1S/C20H32N4O2.HI/c1-21-20(24-15-16-26-18-11-7-2-3-8-12-18)23-14-13-22-19(25)17-9-5-4-6-10-17;/h4-6,9-10,18H,2-3,7-8,11-16H2,1H3,(H,22,25)(H2,21,23,24);1H. The summed E-state index contributed by atoms with van der Waals surface area (Å²) in [4.78, 5) is 16.1. The van der Waals surface area contributed by atoms with Gasteiger partial charge >= 0.3 is 0 Å². The number of halogens is 1. The van der Waals surface area contributed by atoms with E-state index in [1.54, 1.807) is 19.2 Å². The second-order valence-electron chi connectivity index (χ2n) is 6.53. The van der Waals surface area contributed by atoms with Gasteiger partial charge in [0.1, 0.15) is 0 Å². The van der Waals surface area contributed by atoms with E-state index in [0.717, 1.165) is 12.5 Å². The summed E-state index contributed by atoms with van der Waals surface area (Å²) in [5.41, 5.74) is 0.672. The van der Waals surface area contributed by atoms with Gasteiger partial charge < -0.3 is 20.7 Å². The van der Waals surface area contributed by atoms with E-state index in [1.165, 1.54) is 38.5 Å². The number of aliphatic imine (C=N–C) groups is 1. The quantitative estimate of drug-likeness (QED) is 0.173. The van der Waals surface area contributed by atoms with Gasteiger partial charge in [0.25, 0.3) is 5.91 Å². The third-order valence-electron chi connectivity index (χ3n) is 4.51. The third kappa shape index (κ3) is 9.95. The molecule has 3 N–H and O–H groups in total. The Labute approximate surface area is 179 Å². The van der Waals surface area contributed by atoms with Crippen molar-refractivity contribution in [1.82, 2.24) is 16.0 Å². The first-order valence-corrected chi connectivity index (χ1v) is 9.69. The van der Waals surface area contributed by atoms with Crippen molar-refractivity contribution in [3.63, 3.8) is 0 Å². The summed E-state index contributed by atoms with van der Waals surface area (Å²) >= 11 is 0. The van der Waals surface area contributed by atoms with E-state index in [-0.39, 0.29) is 29.9 Å². The van der Waals surface area contributed by atoms with E-state index in [4.69, 9.17) is 4.74 Å². The van der Waals surface area contributed by atoms with Crippen LogP contribution in [0.1, 0.15) is 48.9 Å². The SMILES string of the molecule is CN=C(NCCNC(=O)c1ccccc1)NCCOC1CCCCCC1.I. The number of carbonyl (C=O) groups excluding carboxylic acids is 1. The van der Waals surface area contributed by atoms with Crippen molar-refractivity contribution in [3.05, 3.63) is 35.9 Å². The molecule has 1 aliphatic carbocycles. The van der Waals surface area contributed by atoms with Crippen LogP contribution in [0, 0.1) is 0 Å².